The van der Waals surface area contributed by atoms with E-state index in [4.69, 9.17) is 16.3 Å². The van der Waals surface area contributed by atoms with Crippen molar-refractivity contribution in [3.63, 3.8) is 0 Å². The van der Waals surface area contributed by atoms with Gasteiger partial charge < -0.3 is 15.0 Å². The molecular formula is C21H22ClN3O4S. The van der Waals surface area contributed by atoms with E-state index < -0.39 is 10.0 Å². The largest absolute Gasteiger partial charge is 0.379 e. The molecule has 0 aliphatic carbocycles. The maximum absolute atomic E-state index is 12.7. The van der Waals surface area contributed by atoms with Crippen LogP contribution >= 0.6 is 11.6 Å². The first-order valence-corrected chi connectivity index (χ1v) is 11.5. The monoisotopic (exact) mass is 447 g/mol. The van der Waals surface area contributed by atoms with Crippen LogP contribution in [-0.2, 0) is 21.2 Å². The molecule has 0 unspecified atom stereocenters. The number of hydrogen-bond donors (Lipinski definition) is 2. The Morgan fingerprint density at radius 2 is 1.87 bits per heavy atom. The lowest BCUT2D eigenvalue weighted by atomic mass is 10.1. The average Bonchev–Trinajstić information content (AvgIpc) is 3.21. The van der Waals surface area contributed by atoms with E-state index in [0.29, 0.717) is 50.0 Å². The average molecular weight is 448 g/mol. The minimum atomic E-state index is -3.50. The maximum atomic E-state index is 12.7. The molecule has 0 atom stereocenters. The van der Waals surface area contributed by atoms with E-state index in [0.717, 1.165) is 16.5 Å². The summed E-state index contributed by atoms with van der Waals surface area (Å²) in [5.74, 6) is -0.214. The molecule has 30 heavy (non-hydrogen) atoms. The number of nitrogens with one attached hydrogen (secondary N) is 2. The quantitative estimate of drug-likeness (QED) is 0.607. The molecule has 1 aliphatic heterocycles. The number of H-pyrrole nitrogens is 1. The highest BCUT2D eigenvalue weighted by Gasteiger charge is 2.26. The molecule has 1 aromatic heterocycles. The first-order valence-electron chi connectivity index (χ1n) is 9.67. The molecule has 4 rings (SSSR count). The Balaban J connectivity index is 1.34. The molecule has 2 heterocycles. The molecule has 2 N–H and O–H groups in total. The second kappa shape index (κ2) is 8.77. The fraction of sp³-hybridized carbons (Fsp3) is 0.286. The lowest BCUT2D eigenvalue weighted by Gasteiger charge is -2.26. The summed E-state index contributed by atoms with van der Waals surface area (Å²) in [6.45, 7) is 2.00. The van der Waals surface area contributed by atoms with E-state index in [1.54, 1.807) is 36.4 Å². The second-order valence-corrected chi connectivity index (χ2v) is 9.40. The van der Waals surface area contributed by atoms with E-state index in [2.05, 4.69) is 10.3 Å². The van der Waals surface area contributed by atoms with Crippen LogP contribution in [0.25, 0.3) is 10.9 Å². The number of hydrogen-bond acceptors (Lipinski definition) is 4. The summed E-state index contributed by atoms with van der Waals surface area (Å²) < 4.78 is 32.0. The lowest BCUT2D eigenvalue weighted by Crippen LogP contribution is -2.40. The van der Waals surface area contributed by atoms with Crippen LogP contribution in [0, 0.1) is 0 Å². The number of para-hydroxylation sites is 1. The van der Waals surface area contributed by atoms with Gasteiger partial charge in [-0.3, -0.25) is 4.79 Å². The van der Waals surface area contributed by atoms with Crippen LogP contribution in [0.4, 0.5) is 0 Å². The zero-order valence-electron chi connectivity index (χ0n) is 16.2. The van der Waals surface area contributed by atoms with Crippen molar-refractivity contribution >= 4 is 38.4 Å². The van der Waals surface area contributed by atoms with Gasteiger partial charge in [0.1, 0.15) is 5.69 Å². The standard InChI is InChI=1S/C21H22ClN3O4S/c22-18-3-1-2-16-14-19(24-20(16)18)21(26)23-9-8-15-4-6-17(7-5-15)30(27,28)25-10-12-29-13-11-25/h1-7,14,24H,8-13H2,(H,23,26). The number of fused-ring (bicyclic) bond motifs is 1. The van der Waals surface area contributed by atoms with Gasteiger partial charge in [-0.1, -0.05) is 35.9 Å². The minimum Gasteiger partial charge on any atom is -0.379 e. The van der Waals surface area contributed by atoms with Gasteiger partial charge in [0.2, 0.25) is 10.0 Å². The highest BCUT2D eigenvalue weighted by molar-refractivity contribution is 7.89. The van der Waals surface area contributed by atoms with Crippen LogP contribution in [0.2, 0.25) is 5.02 Å². The number of rotatable bonds is 6. The molecule has 2 aromatic carbocycles. The number of carbonyl (C=O) groups is 1. The molecule has 1 aliphatic rings. The van der Waals surface area contributed by atoms with Gasteiger partial charge in [0.05, 0.1) is 28.6 Å². The summed E-state index contributed by atoms with van der Waals surface area (Å²) in [5, 5.41) is 4.32. The van der Waals surface area contributed by atoms with Crippen molar-refractivity contribution in [1.82, 2.24) is 14.6 Å². The molecule has 1 fully saturated rings. The van der Waals surface area contributed by atoms with E-state index in [-0.39, 0.29) is 10.8 Å². The Kier molecular flexibility index (Phi) is 6.10. The molecule has 1 amide bonds. The predicted molar refractivity (Wildman–Crippen MR) is 115 cm³/mol. The number of carbonyl (C=O) groups excluding carboxylic acids is 1. The summed E-state index contributed by atoms with van der Waals surface area (Å²) >= 11 is 6.14. The summed E-state index contributed by atoms with van der Waals surface area (Å²) in [6, 6.07) is 14.0. The van der Waals surface area contributed by atoms with Gasteiger partial charge in [0, 0.05) is 25.0 Å². The van der Waals surface area contributed by atoms with Crippen molar-refractivity contribution in [1.29, 1.82) is 0 Å². The highest BCUT2D eigenvalue weighted by atomic mass is 35.5. The fourth-order valence-electron chi connectivity index (χ4n) is 3.42. The Labute approximate surface area is 180 Å². The molecule has 0 radical (unpaired) electrons. The van der Waals surface area contributed by atoms with Crippen molar-refractivity contribution in [3.8, 4) is 0 Å². The molecule has 1 saturated heterocycles. The zero-order valence-corrected chi connectivity index (χ0v) is 17.8. The molecular weight excluding hydrogens is 426 g/mol. The smallest absolute Gasteiger partial charge is 0.267 e. The van der Waals surface area contributed by atoms with E-state index in [9.17, 15) is 13.2 Å². The first-order chi connectivity index (χ1) is 14.4. The number of amides is 1. The second-order valence-electron chi connectivity index (χ2n) is 7.05. The van der Waals surface area contributed by atoms with Crippen LogP contribution in [0.3, 0.4) is 0 Å². The van der Waals surface area contributed by atoms with Crippen LogP contribution in [-0.4, -0.2) is 56.5 Å². The Morgan fingerprint density at radius 3 is 2.57 bits per heavy atom. The highest BCUT2D eigenvalue weighted by Crippen LogP contribution is 2.23. The summed E-state index contributed by atoms with van der Waals surface area (Å²) in [6.07, 6.45) is 0.588. The normalized spacial score (nSPS) is 15.4. The third-order valence-electron chi connectivity index (χ3n) is 5.08. The number of nitrogens with zero attached hydrogens (tertiary/aromatic N) is 1. The van der Waals surface area contributed by atoms with Gasteiger partial charge in [0.15, 0.2) is 0 Å². The van der Waals surface area contributed by atoms with Crippen molar-refractivity contribution < 1.29 is 17.9 Å². The summed E-state index contributed by atoms with van der Waals surface area (Å²) in [4.78, 5) is 15.7. The molecule has 0 saturated carbocycles. The van der Waals surface area contributed by atoms with Gasteiger partial charge in [-0.2, -0.15) is 4.31 Å². The van der Waals surface area contributed by atoms with Gasteiger partial charge >= 0.3 is 0 Å². The van der Waals surface area contributed by atoms with Crippen molar-refractivity contribution in [2.75, 3.05) is 32.8 Å². The molecule has 3 aromatic rings. The van der Waals surface area contributed by atoms with Gasteiger partial charge in [-0.05, 0) is 36.2 Å². The summed E-state index contributed by atoms with van der Waals surface area (Å²) in [5.41, 5.74) is 2.13. The molecule has 9 heteroatoms. The topological polar surface area (TPSA) is 91.5 Å². The van der Waals surface area contributed by atoms with Gasteiger partial charge in [-0.25, -0.2) is 8.42 Å². The Hall–Kier alpha value is -2.39. The number of aromatic amines is 1. The number of ether oxygens (including phenoxy) is 1. The number of halogens is 1. The molecule has 158 valence electrons. The lowest BCUT2D eigenvalue weighted by molar-refractivity contribution is 0.0730. The molecule has 0 spiro atoms. The zero-order chi connectivity index (χ0) is 21.1. The molecule has 0 bridgehead atoms. The SMILES string of the molecule is O=C(NCCc1ccc(S(=O)(=O)N2CCOCC2)cc1)c1cc2cccc(Cl)c2[nH]1. The van der Waals surface area contributed by atoms with Gasteiger partial charge in [0.25, 0.3) is 5.91 Å². The van der Waals surface area contributed by atoms with E-state index in [1.165, 1.54) is 4.31 Å². The van der Waals surface area contributed by atoms with E-state index in [1.807, 2.05) is 12.1 Å². The maximum Gasteiger partial charge on any atom is 0.267 e. The van der Waals surface area contributed by atoms with Crippen molar-refractivity contribution in [2.45, 2.75) is 11.3 Å². The number of benzene rings is 2. The molecule has 7 nitrogen and oxygen atoms in total. The minimum absolute atomic E-state index is 0.214. The Morgan fingerprint density at radius 1 is 1.13 bits per heavy atom. The number of morpholine rings is 1. The third kappa shape index (κ3) is 4.37. The van der Waals surface area contributed by atoms with Crippen LogP contribution in [0.15, 0.2) is 53.4 Å². The van der Waals surface area contributed by atoms with Crippen molar-refractivity contribution in [3.05, 3.63) is 64.8 Å². The van der Waals surface area contributed by atoms with Crippen LogP contribution in [0.1, 0.15) is 16.1 Å². The predicted octanol–water partition coefficient (Wildman–Crippen LogP) is 2.81. The van der Waals surface area contributed by atoms with Gasteiger partial charge in [-0.15, -0.1) is 0 Å². The van der Waals surface area contributed by atoms with E-state index >= 15 is 0 Å². The summed E-state index contributed by atoms with van der Waals surface area (Å²) in [7, 11) is -3.50. The van der Waals surface area contributed by atoms with Crippen LogP contribution < -0.4 is 5.32 Å². The first kappa shape index (κ1) is 20.9. The van der Waals surface area contributed by atoms with Crippen molar-refractivity contribution in [2.24, 2.45) is 0 Å². The number of aromatic nitrogens is 1. The third-order valence-corrected chi connectivity index (χ3v) is 7.31. The number of sulfonamides is 1. The van der Waals surface area contributed by atoms with Crippen LogP contribution in [0.5, 0.6) is 0 Å². The Bertz CT molecular complexity index is 1150. The fourth-order valence-corrected chi connectivity index (χ4v) is 5.06.